The van der Waals surface area contributed by atoms with E-state index < -0.39 is 11.5 Å². The Kier molecular flexibility index (Phi) is 3.81. The molecule has 0 bridgehead atoms. The summed E-state index contributed by atoms with van der Waals surface area (Å²) in [6.07, 6.45) is 1.61. The molecule has 0 aliphatic heterocycles. The standard InChI is InChI=1S/C19H13N3O4/c23-17-10-14(13-5-1-2-6-15(13)21-17)19(25)26-11-12-9-18(24)22-8-4-3-7-16(22)20-12/h1-10H,11H2,(H,21,23). The second kappa shape index (κ2) is 6.29. The number of fused-ring (bicyclic) bond motifs is 2. The average molecular weight is 347 g/mol. The van der Waals surface area contributed by atoms with Crippen LogP contribution in [0.25, 0.3) is 16.6 Å². The molecule has 0 unspecified atom stereocenters. The van der Waals surface area contributed by atoms with Gasteiger partial charge < -0.3 is 9.72 Å². The molecule has 26 heavy (non-hydrogen) atoms. The molecule has 4 aromatic rings. The van der Waals surface area contributed by atoms with Gasteiger partial charge in [-0.1, -0.05) is 24.3 Å². The van der Waals surface area contributed by atoms with E-state index in [0.717, 1.165) is 0 Å². The second-order valence-corrected chi connectivity index (χ2v) is 5.68. The third-order valence-electron chi connectivity index (χ3n) is 3.95. The summed E-state index contributed by atoms with van der Waals surface area (Å²) in [5.41, 5.74) is 0.869. The fourth-order valence-corrected chi connectivity index (χ4v) is 2.77. The Hall–Kier alpha value is -3.74. The summed E-state index contributed by atoms with van der Waals surface area (Å²) in [6, 6.07) is 14.7. The maximum atomic E-state index is 12.4. The van der Waals surface area contributed by atoms with Crippen LogP contribution in [0.4, 0.5) is 0 Å². The number of aromatic amines is 1. The smallest absolute Gasteiger partial charge is 0.339 e. The van der Waals surface area contributed by atoms with Crippen molar-refractivity contribution >= 4 is 22.5 Å². The quantitative estimate of drug-likeness (QED) is 0.571. The van der Waals surface area contributed by atoms with E-state index in [2.05, 4.69) is 9.97 Å². The highest BCUT2D eigenvalue weighted by molar-refractivity contribution is 6.03. The van der Waals surface area contributed by atoms with Crippen LogP contribution in [0, 0.1) is 0 Å². The Morgan fingerprint density at radius 1 is 1.08 bits per heavy atom. The number of benzene rings is 1. The van der Waals surface area contributed by atoms with Crippen molar-refractivity contribution < 1.29 is 9.53 Å². The maximum Gasteiger partial charge on any atom is 0.339 e. The number of pyridine rings is 2. The summed E-state index contributed by atoms with van der Waals surface area (Å²) in [6.45, 7) is -0.166. The lowest BCUT2D eigenvalue weighted by molar-refractivity contribution is 0.0470. The minimum Gasteiger partial charge on any atom is -0.456 e. The summed E-state index contributed by atoms with van der Waals surface area (Å²) >= 11 is 0. The second-order valence-electron chi connectivity index (χ2n) is 5.68. The molecule has 4 rings (SSSR count). The predicted molar refractivity (Wildman–Crippen MR) is 95.2 cm³/mol. The highest BCUT2D eigenvalue weighted by atomic mass is 16.5. The molecule has 3 aromatic heterocycles. The van der Waals surface area contributed by atoms with E-state index in [1.54, 1.807) is 48.7 Å². The zero-order chi connectivity index (χ0) is 18.1. The molecule has 0 amide bonds. The molecule has 0 aliphatic carbocycles. The number of carbonyl (C=O) groups excluding carboxylic acids is 1. The molecule has 7 nitrogen and oxygen atoms in total. The van der Waals surface area contributed by atoms with Crippen LogP contribution in [0.3, 0.4) is 0 Å². The highest BCUT2D eigenvalue weighted by Gasteiger charge is 2.14. The van der Waals surface area contributed by atoms with Crippen LogP contribution in [0.2, 0.25) is 0 Å². The molecule has 0 fully saturated rings. The molecule has 1 aromatic carbocycles. The van der Waals surface area contributed by atoms with Gasteiger partial charge in [0.2, 0.25) is 5.56 Å². The first-order chi connectivity index (χ1) is 12.6. The van der Waals surface area contributed by atoms with Crippen LogP contribution < -0.4 is 11.1 Å². The van der Waals surface area contributed by atoms with E-state index in [1.807, 2.05) is 0 Å². The van der Waals surface area contributed by atoms with Crippen LogP contribution in [0.15, 0.2) is 70.4 Å². The Balaban J connectivity index is 1.64. The molecule has 1 N–H and O–H groups in total. The van der Waals surface area contributed by atoms with Gasteiger partial charge in [-0.15, -0.1) is 0 Å². The number of para-hydroxylation sites is 1. The third-order valence-corrected chi connectivity index (χ3v) is 3.95. The van der Waals surface area contributed by atoms with Crippen molar-refractivity contribution in [1.29, 1.82) is 0 Å². The Bertz CT molecular complexity index is 1260. The lowest BCUT2D eigenvalue weighted by Crippen LogP contribution is -2.17. The summed E-state index contributed by atoms with van der Waals surface area (Å²) in [7, 11) is 0. The first-order valence-electron chi connectivity index (χ1n) is 7.88. The van der Waals surface area contributed by atoms with Gasteiger partial charge in [-0.3, -0.25) is 14.0 Å². The van der Waals surface area contributed by atoms with E-state index in [0.29, 0.717) is 22.2 Å². The van der Waals surface area contributed by atoms with Crippen molar-refractivity contribution in [2.24, 2.45) is 0 Å². The summed E-state index contributed by atoms with van der Waals surface area (Å²) in [4.78, 5) is 43.2. The van der Waals surface area contributed by atoms with E-state index in [4.69, 9.17) is 4.74 Å². The monoisotopic (exact) mass is 347 g/mol. The first-order valence-corrected chi connectivity index (χ1v) is 7.88. The van der Waals surface area contributed by atoms with Gasteiger partial charge in [0.1, 0.15) is 12.3 Å². The van der Waals surface area contributed by atoms with Gasteiger partial charge in [-0.05, 0) is 18.2 Å². The van der Waals surface area contributed by atoms with Crippen molar-refractivity contribution in [1.82, 2.24) is 14.4 Å². The van der Waals surface area contributed by atoms with Gasteiger partial charge in [-0.25, -0.2) is 9.78 Å². The minimum absolute atomic E-state index is 0.166. The number of esters is 1. The van der Waals surface area contributed by atoms with Crippen LogP contribution in [-0.2, 0) is 11.3 Å². The molecular weight excluding hydrogens is 334 g/mol. The fraction of sp³-hybridized carbons (Fsp3) is 0.0526. The number of H-pyrrole nitrogens is 1. The van der Waals surface area contributed by atoms with Crippen LogP contribution in [-0.4, -0.2) is 20.3 Å². The first kappa shape index (κ1) is 15.8. The van der Waals surface area contributed by atoms with Crippen molar-refractivity contribution in [2.45, 2.75) is 6.61 Å². The van der Waals surface area contributed by atoms with Crippen LogP contribution in [0.1, 0.15) is 16.1 Å². The molecule has 128 valence electrons. The van der Waals surface area contributed by atoms with Gasteiger partial charge in [0.05, 0.1) is 11.3 Å². The van der Waals surface area contributed by atoms with Gasteiger partial charge >= 0.3 is 5.97 Å². The van der Waals surface area contributed by atoms with Crippen LogP contribution >= 0.6 is 0 Å². The van der Waals surface area contributed by atoms with E-state index in [1.165, 1.54) is 16.5 Å². The number of carbonyl (C=O) groups is 1. The molecule has 3 heterocycles. The highest BCUT2D eigenvalue weighted by Crippen LogP contribution is 2.16. The Morgan fingerprint density at radius 2 is 1.88 bits per heavy atom. The number of rotatable bonds is 3. The normalized spacial score (nSPS) is 10.9. The lowest BCUT2D eigenvalue weighted by Gasteiger charge is -2.08. The zero-order valence-electron chi connectivity index (χ0n) is 13.5. The van der Waals surface area contributed by atoms with Gasteiger partial charge in [0.25, 0.3) is 5.56 Å². The van der Waals surface area contributed by atoms with Crippen molar-refractivity contribution in [2.75, 3.05) is 0 Å². The third kappa shape index (κ3) is 2.86. The Morgan fingerprint density at radius 3 is 2.77 bits per heavy atom. The Labute approximate surface area is 146 Å². The number of ether oxygens (including phenoxy) is 1. The number of nitrogens with one attached hydrogen (secondary N) is 1. The lowest BCUT2D eigenvalue weighted by atomic mass is 10.1. The molecule has 0 radical (unpaired) electrons. The topological polar surface area (TPSA) is 93.5 Å². The molecule has 0 saturated heterocycles. The number of aromatic nitrogens is 3. The number of nitrogens with zero attached hydrogens (tertiary/aromatic N) is 2. The number of hydrogen-bond donors (Lipinski definition) is 1. The van der Waals surface area contributed by atoms with Crippen molar-refractivity contribution in [3.63, 3.8) is 0 Å². The van der Waals surface area contributed by atoms with E-state index in [-0.39, 0.29) is 17.7 Å². The largest absolute Gasteiger partial charge is 0.456 e. The maximum absolute atomic E-state index is 12.4. The SMILES string of the molecule is O=C(OCc1cc(=O)n2ccccc2n1)c1cc(=O)[nH]c2ccccc12. The molecule has 0 spiro atoms. The minimum atomic E-state index is -0.651. The number of hydrogen-bond acceptors (Lipinski definition) is 5. The van der Waals surface area contributed by atoms with Crippen LogP contribution in [0.5, 0.6) is 0 Å². The summed E-state index contributed by atoms with van der Waals surface area (Å²) in [5.74, 6) is -0.651. The molecule has 0 atom stereocenters. The summed E-state index contributed by atoms with van der Waals surface area (Å²) in [5, 5.41) is 0.587. The summed E-state index contributed by atoms with van der Waals surface area (Å²) < 4.78 is 6.68. The van der Waals surface area contributed by atoms with Crippen molar-refractivity contribution in [3.05, 3.63) is 92.8 Å². The van der Waals surface area contributed by atoms with E-state index in [9.17, 15) is 14.4 Å². The molecule has 0 aliphatic rings. The molecule has 7 heteroatoms. The average Bonchev–Trinajstić information content (AvgIpc) is 2.65. The van der Waals surface area contributed by atoms with Gasteiger partial charge in [0.15, 0.2) is 0 Å². The molecule has 0 saturated carbocycles. The molecular formula is C19H13N3O4. The van der Waals surface area contributed by atoms with E-state index >= 15 is 0 Å². The van der Waals surface area contributed by atoms with Gasteiger partial charge in [-0.2, -0.15) is 0 Å². The zero-order valence-corrected chi connectivity index (χ0v) is 13.5. The van der Waals surface area contributed by atoms with Gasteiger partial charge in [0, 0.05) is 29.2 Å². The van der Waals surface area contributed by atoms with Crippen molar-refractivity contribution in [3.8, 4) is 0 Å². The fourth-order valence-electron chi connectivity index (χ4n) is 2.77. The predicted octanol–water partition coefficient (Wildman–Crippen LogP) is 1.89.